The Bertz CT molecular complexity index is 320. The maximum absolute atomic E-state index is 13.6. The summed E-state index contributed by atoms with van der Waals surface area (Å²) >= 11 is 0. The fourth-order valence-electron chi connectivity index (χ4n) is 1.09. The SMILES string of the molecule is COC(C)CNc1nccc(CN)c1F. The van der Waals surface area contributed by atoms with E-state index in [0.29, 0.717) is 12.1 Å². The molecule has 0 aliphatic heterocycles. The highest BCUT2D eigenvalue weighted by molar-refractivity contribution is 5.39. The van der Waals surface area contributed by atoms with E-state index in [0.717, 1.165) is 0 Å². The molecule has 1 atom stereocenters. The minimum absolute atomic E-state index is 0.00716. The van der Waals surface area contributed by atoms with Gasteiger partial charge in [0.25, 0.3) is 0 Å². The summed E-state index contributed by atoms with van der Waals surface area (Å²) in [6, 6.07) is 1.57. The number of hydrogen-bond acceptors (Lipinski definition) is 4. The summed E-state index contributed by atoms with van der Waals surface area (Å²) in [6.45, 7) is 2.56. The van der Waals surface area contributed by atoms with Crippen LogP contribution in [-0.2, 0) is 11.3 Å². The quantitative estimate of drug-likeness (QED) is 0.769. The summed E-state index contributed by atoms with van der Waals surface area (Å²) in [7, 11) is 1.60. The molecule has 1 unspecified atom stereocenters. The maximum Gasteiger partial charge on any atom is 0.169 e. The van der Waals surface area contributed by atoms with Crippen LogP contribution >= 0.6 is 0 Å². The van der Waals surface area contributed by atoms with Crippen LogP contribution in [0.25, 0.3) is 0 Å². The average molecular weight is 213 g/mol. The van der Waals surface area contributed by atoms with Crippen LogP contribution in [0.4, 0.5) is 10.2 Å². The predicted octanol–water partition coefficient (Wildman–Crippen LogP) is 1.13. The molecule has 1 aromatic heterocycles. The van der Waals surface area contributed by atoms with Gasteiger partial charge in [-0.25, -0.2) is 9.37 Å². The number of ether oxygens (including phenoxy) is 1. The van der Waals surface area contributed by atoms with Crippen LogP contribution < -0.4 is 11.1 Å². The Morgan fingerprint density at radius 1 is 1.67 bits per heavy atom. The fourth-order valence-corrected chi connectivity index (χ4v) is 1.09. The van der Waals surface area contributed by atoms with Gasteiger partial charge in [0.1, 0.15) is 0 Å². The molecule has 0 aromatic carbocycles. The summed E-state index contributed by atoms with van der Waals surface area (Å²) in [6.07, 6.45) is 1.54. The van der Waals surface area contributed by atoms with Gasteiger partial charge in [0.15, 0.2) is 11.6 Å². The lowest BCUT2D eigenvalue weighted by Gasteiger charge is -2.12. The number of nitrogens with zero attached hydrogens (tertiary/aromatic N) is 1. The van der Waals surface area contributed by atoms with Crippen LogP contribution in [0, 0.1) is 5.82 Å². The van der Waals surface area contributed by atoms with Crippen molar-refractivity contribution >= 4 is 5.82 Å². The molecule has 1 heterocycles. The first kappa shape index (κ1) is 11.9. The standard InChI is InChI=1S/C10H16FN3O/c1-7(15-2)6-14-10-9(11)8(5-12)3-4-13-10/h3-4,7H,5-6,12H2,1-2H3,(H,13,14). The highest BCUT2D eigenvalue weighted by atomic mass is 19.1. The zero-order chi connectivity index (χ0) is 11.3. The van der Waals surface area contributed by atoms with Crippen molar-refractivity contribution in [3.05, 3.63) is 23.6 Å². The Hall–Kier alpha value is -1.20. The Morgan fingerprint density at radius 3 is 3.00 bits per heavy atom. The van der Waals surface area contributed by atoms with Crippen molar-refractivity contribution in [3.8, 4) is 0 Å². The van der Waals surface area contributed by atoms with Crippen molar-refractivity contribution < 1.29 is 9.13 Å². The molecular weight excluding hydrogens is 197 g/mol. The summed E-state index contributed by atoms with van der Waals surface area (Å²) in [4.78, 5) is 3.90. The molecule has 0 bridgehead atoms. The van der Waals surface area contributed by atoms with E-state index in [1.807, 2.05) is 6.92 Å². The van der Waals surface area contributed by atoms with Gasteiger partial charge in [-0.05, 0) is 13.0 Å². The van der Waals surface area contributed by atoms with Crippen LogP contribution in [0.2, 0.25) is 0 Å². The van der Waals surface area contributed by atoms with Crippen molar-refractivity contribution in [3.63, 3.8) is 0 Å². The Balaban J connectivity index is 2.68. The molecule has 0 fully saturated rings. The van der Waals surface area contributed by atoms with E-state index in [9.17, 15) is 4.39 Å². The van der Waals surface area contributed by atoms with Gasteiger partial charge in [-0.3, -0.25) is 0 Å². The van der Waals surface area contributed by atoms with E-state index >= 15 is 0 Å². The van der Waals surface area contributed by atoms with Gasteiger partial charge in [-0.15, -0.1) is 0 Å². The monoisotopic (exact) mass is 213 g/mol. The minimum atomic E-state index is -0.386. The van der Waals surface area contributed by atoms with Crippen LogP contribution in [0.5, 0.6) is 0 Å². The smallest absolute Gasteiger partial charge is 0.169 e. The molecule has 3 N–H and O–H groups in total. The van der Waals surface area contributed by atoms with Crippen LogP contribution in [-0.4, -0.2) is 24.7 Å². The molecule has 4 nitrogen and oxygen atoms in total. The fraction of sp³-hybridized carbons (Fsp3) is 0.500. The van der Waals surface area contributed by atoms with E-state index in [4.69, 9.17) is 10.5 Å². The van der Waals surface area contributed by atoms with Crippen molar-refractivity contribution in [2.75, 3.05) is 19.0 Å². The lowest BCUT2D eigenvalue weighted by molar-refractivity contribution is 0.128. The lowest BCUT2D eigenvalue weighted by atomic mass is 10.2. The topological polar surface area (TPSA) is 60.2 Å². The Labute approximate surface area is 88.6 Å². The third kappa shape index (κ3) is 3.14. The molecule has 0 aliphatic rings. The van der Waals surface area contributed by atoms with Crippen LogP contribution in [0.15, 0.2) is 12.3 Å². The highest BCUT2D eigenvalue weighted by Crippen LogP contribution is 2.14. The highest BCUT2D eigenvalue weighted by Gasteiger charge is 2.08. The average Bonchev–Trinajstić information content (AvgIpc) is 2.27. The molecule has 0 aliphatic carbocycles. The molecule has 0 spiro atoms. The summed E-state index contributed by atoms with van der Waals surface area (Å²) < 4.78 is 18.6. The second kappa shape index (κ2) is 5.63. The Kier molecular flexibility index (Phi) is 4.45. The van der Waals surface area contributed by atoms with Gasteiger partial charge >= 0.3 is 0 Å². The van der Waals surface area contributed by atoms with E-state index in [1.165, 1.54) is 6.20 Å². The summed E-state index contributed by atoms with van der Waals surface area (Å²) in [5, 5.41) is 2.87. The lowest BCUT2D eigenvalue weighted by Crippen LogP contribution is -2.19. The molecule has 1 rings (SSSR count). The van der Waals surface area contributed by atoms with E-state index in [1.54, 1.807) is 13.2 Å². The number of nitrogens with one attached hydrogen (secondary N) is 1. The maximum atomic E-state index is 13.6. The molecule has 84 valence electrons. The molecule has 0 saturated carbocycles. The summed E-state index contributed by atoms with van der Waals surface area (Å²) in [5.41, 5.74) is 5.84. The van der Waals surface area contributed by atoms with Gasteiger partial charge < -0.3 is 15.8 Å². The van der Waals surface area contributed by atoms with E-state index in [-0.39, 0.29) is 24.3 Å². The third-order valence-corrected chi connectivity index (χ3v) is 2.15. The number of halogens is 1. The number of hydrogen-bond donors (Lipinski definition) is 2. The van der Waals surface area contributed by atoms with Gasteiger partial charge in [-0.1, -0.05) is 0 Å². The number of anilines is 1. The van der Waals surface area contributed by atoms with E-state index < -0.39 is 0 Å². The van der Waals surface area contributed by atoms with Crippen LogP contribution in [0.1, 0.15) is 12.5 Å². The molecule has 0 saturated heterocycles. The molecule has 5 heteroatoms. The van der Waals surface area contributed by atoms with Crippen molar-refractivity contribution in [1.82, 2.24) is 4.98 Å². The molecule has 15 heavy (non-hydrogen) atoms. The van der Waals surface area contributed by atoms with Crippen molar-refractivity contribution in [2.24, 2.45) is 5.73 Å². The molecule has 1 aromatic rings. The zero-order valence-electron chi connectivity index (χ0n) is 8.96. The zero-order valence-corrected chi connectivity index (χ0v) is 8.96. The summed E-state index contributed by atoms with van der Waals surface area (Å²) in [5.74, 6) is -0.162. The first-order valence-corrected chi connectivity index (χ1v) is 4.79. The number of nitrogens with two attached hydrogens (primary N) is 1. The first-order chi connectivity index (χ1) is 7.19. The number of methoxy groups -OCH3 is 1. The van der Waals surface area contributed by atoms with Crippen LogP contribution in [0.3, 0.4) is 0 Å². The minimum Gasteiger partial charge on any atom is -0.380 e. The van der Waals surface area contributed by atoms with Crippen molar-refractivity contribution in [1.29, 1.82) is 0 Å². The second-order valence-electron chi connectivity index (χ2n) is 3.26. The van der Waals surface area contributed by atoms with Gasteiger partial charge in [-0.2, -0.15) is 0 Å². The predicted molar refractivity (Wildman–Crippen MR) is 57.0 cm³/mol. The van der Waals surface area contributed by atoms with Gasteiger partial charge in [0.2, 0.25) is 0 Å². The molecular formula is C10H16FN3O. The normalized spacial score (nSPS) is 12.5. The number of pyridine rings is 1. The first-order valence-electron chi connectivity index (χ1n) is 4.79. The number of aromatic nitrogens is 1. The molecule has 0 radical (unpaired) electrons. The largest absolute Gasteiger partial charge is 0.380 e. The Morgan fingerprint density at radius 2 is 2.40 bits per heavy atom. The van der Waals surface area contributed by atoms with E-state index in [2.05, 4.69) is 10.3 Å². The third-order valence-electron chi connectivity index (χ3n) is 2.15. The molecule has 0 amide bonds. The number of rotatable bonds is 5. The van der Waals surface area contributed by atoms with Gasteiger partial charge in [0.05, 0.1) is 6.10 Å². The second-order valence-corrected chi connectivity index (χ2v) is 3.26. The van der Waals surface area contributed by atoms with Crippen molar-refractivity contribution in [2.45, 2.75) is 19.6 Å². The van der Waals surface area contributed by atoms with Gasteiger partial charge in [0, 0.05) is 32.0 Å².